The van der Waals surface area contributed by atoms with Crippen LogP contribution in [0.25, 0.3) is 0 Å². The van der Waals surface area contributed by atoms with E-state index in [1.54, 1.807) is 4.90 Å². The normalized spacial score (nSPS) is 17.0. The van der Waals surface area contributed by atoms with Gasteiger partial charge in [-0.1, -0.05) is 37.6 Å². The molecule has 4 nitrogen and oxygen atoms in total. The molecule has 1 fully saturated rings. The molecule has 1 aliphatic heterocycles. The molecular formula is C20H20ClFN2O2. The number of hydrogen-bond donors (Lipinski definition) is 1. The van der Waals surface area contributed by atoms with Crippen molar-refractivity contribution in [3.8, 4) is 0 Å². The minimum absolute atomic E-state index is 0.0582. The molecule has 2 aromatic carbocycles. The molecule has 1 heterocycles. The van der Waals surface area contributed by atoms with Gasteiger partial charge < -0.3 is 10.2 Å². The SMILES string of the molecule is CC(C)c1ccc(N2CC(C(=O)Nc3ccc(F)c(Cl)c3)CC2=O)cc1. The number of nitrogens with zero attached hydrogens (tertiary/aromatic N) is 1. The third-order valence-corrected chi connectivity index (χ3v) is 4.84. The van der Waals surface area contributed by atoms with Crippen LogP contribution in [0, 0.1) is 11.7 Å². The highest BCUT2D eigenvalue weighted by atomic mass is 35.5. The third kappa shape index (κ3) is 3.88. The molecule has 136 valence electrons. The van der Waals surface area contributed by atoms with Gasteiger partial charge in [-0.05, 0) is 41.8 Å². The minimum atomic E-state index is -0.545. The molecule has 1 aliphatic rings. The van der Waals surface area contributed by atoms with Crippen molar-refractivity contribution in [2.24, 2.45) is 5.92 Å². The van der Waals surface area contributed by atoms with Crippen molar-refractivity contribution in [3.05, 3.63) is 58.9 Å². The number of anilines is 2. The lowest BCUT2D eigenvalue weighted by atomic mass is 10.0. The third-order valence-electron chi connectivity index (χ3n) is 4.55. The molecule has 1 saturated heterocycles. The summed E-state index contributed by atoms with van der Waals surface area (Å²) in [7, 11) is 0. The zero-order valence-electron chi connectivity index (χ0n) is 14.6. The van der Waals surface area contributed by atoms with E-state index in [1.807, 2.05) is 24.3 Å². The number of amides is 2. The monoisotopic (exact) mass is 374 g/mol. The van der Waals surface area contributed by atoms with E-state index in [-0.39, 0.29) is 23.3 Å². The number of carbonyl (C=O) groups is 2. The maximum Gasteiger partial charge on any atom is 0.229 e. The van der Waals surface area contributed by atoms with Gasteiger partial charge in [-0.25, -0.2) is 4.39 Å². The zero-order chi connectivity index (χ0) is 18.8. The van der Waals surface area contributed by atoms with E-state index in [1.165, 1.54) is 23.8 Å². The van der Waals surface area contributed by atoms with Gasteiger partial charge in [0, 0.05) is 24.3 Å². The Morgan fingerprint density at radius 3 is 2.54 bits per heavy atom. The van der Waals surface area contributed by atoms with Crippen LogP contribution in [0.3, 0.4) is 0 Å². The molecule has 1 atom stereocenters. The maximum absolute atomic E-state index is 13.2. The first-order chi connectivity index (χ1) is 12.3. The van der Waals surface area contributed by atoms with Crippen molar-refractivity contribution in [2.75, 3.05) is 16.8 Å². The summed E-state index contributed by atoms with van der Waals surface area (Å²) >= 11 is 5.73. The largest absolute Gasteiger partial charge is 0.326 e. The summed E-state index contributed by atoms with van der Waals surface area (Å²) in [5.41, 5.74) is 2.40. The molecule has 3 rings (SSSR count). The number of rotatable bonds is 4. The van der Waals surface area contributed by atoms with Crippen molar-refractivity contribution in [3.63, 3.8) is 0 Å². The molecule has 1 N–H and O–H groups in total. The fraction of sp³-hybridized carbons (Fsp3) is 0.300. The highest BCUT2D eigenvalue weighted by Crippen LogP contribution is 2.28. The highest BCUT2D eigenvalue weighted by Gasteiger charge is 2.35. The van der Waals surface area contributed by atoms with Crippen molar-refractivity contribution in [2.45, 2.75) is 26.2 Å². The smallest absolute Gasteiger partial charge is 0.229 e. The van der Waals surface area contributed by atoms with Crippen molar-refractivity contribution in [1.29, 1.82) is 0 Å². The summed E-state index contributed by atoms with van der Waals surface area (Å²) < 4.78 is 13.2. The molecule has 0 aromatic heterocycles. The lowest BCUT2D eigenvalue weighted by Gasteiger charge is -2.18. The lowest BCUT2D eigenvalue weighted by molar-refractivity contribution is -0.122. The zero-order valence-corrected chi connectivity index (χ0v) is 15.4. The first-order valence-corrected chi connectivity index (χ1v) is 8.89. The van der Waals surface area contributed by atoms with Crippen LogP contribution >= 0.6 is 11.6 Å². The number of nitrogens with one attached hydrogen (secondary N) is 1. The van der Waals surface area contributed by atoms with E-state index in [0.717, 1.165) is 5.69 Å². The topological polar surface area (TPSA) is 49.4 Å². The van der Waals surface area contributed by atoms with E-state index in [9.17, 15) is 14.0 Å². The molecule has 0 radical (unpaired) electrons. The summed E-state index contributed by atoms with van der Waals surface area (Å²) in [4.78, 5) is 26.4. The molecule has 2 amide bonds. The van der Waals surface area contributed by atoms with Crippen LogP contribution < -0.4 is 10.2 Å². The van der Waals surface area contributed by atoms with E-state index >= 15 is 0 Å². The van der Waals surface area contributed by atoms with Gasteiger partial charge in [-0.15, -0.1) is 0 Å². The fourth-order valence-corrected chi connectivity index (χ4v) is 3.17. The number of halogens is 2. The Labute approximate surface area is 157 Å². The molecule has 0 bridgehead atoms. The second kappa shape index (κ2) is 7.46. The van der Waals surface area contributed by atoms with Crippen LogP contribution in [0.4, 0.5) is 15.8 Å². The Kier molecular flexibility index (Phi) is 5.28. The number of carbonyl (C=O) groups excluding carboxylic acids is 2. The predicted molar refractivity (Wildman–Crippen MR) is 101 cm³/mol. The van der Waals surface area contributed by atoms with Gasteiger partial charge >= 0.3 is 0 Å². The second-order valence-corrected chi connectivity index (χ2v) is 7.18. The van der Waals surface area contributed by atoms with Crippen LogP contribution in [0.5, 0.6) is 0 Å². The molecule has 0 spiro atoms. The van der Waals surface area contributed by atoms with Crippen molar-refractivity contribution in [1.82, 2.24) is 0 Å². The fourth-order valence-electron chi connectivity index (χ4n) is 2.99. The van der Waals surface area contributed by atoms with E-state index in [2.05, 4.69) is 19.2 Å². The molecule has 26 heavy (non-hydrogen) atoms. The summed E-state index contributed by atoms with van der Waals surface area (Å²) in [5.74, 6) is -0.950. The van der Waals surface area contributed by atoms with Gasteiger partial charge in [0.1, 0.15) is 5.82 Å². The lowest BCUT2D eigenvalue weighted by Crippen LogP contribution is -2.28. The molecule has 1 unspecified atom stereocenters. The van der Waals surface area contributed by atoms with Gasteiger partial charge in [0.25, 0.3) is 0 Å². The van der Waals surface area contributed by atoms with Crippen LogP contribution in [0.1, 0.15) is 31.7 Å². The van der Waals surface area contributed by atoms with Gasteiger partial charge in [0.15, 0.2) is 0 Å². The van der Waals surface area contributed by atoms with Gasteiger partial charge in [-0.3, -0.25) is 9.59 Å². The maximum atomic E-state index is 13.2. The van der Waals surface area contributed by atoms with Crippen molar-refractivity contribution >= 4 is 34.8 Å². The Bertz CT molecular complexity index is 836. The summed E-state index contributed by atoms with van der Waals surface area (Å²) in [6, 6.07) is 11.8. The molecule has 2 aromatic rings. The number of hydrogen-bond acceptors (Lipinski definition) is 2. The Hall–Kier alpha value is -2.40. The predicted octanol–water partition coefficient (Wildman–Crippen LogP) is 4.59. The molecule has 6 heteroatoms. The standard InChI is InChI=1S/C20H20ClFN2O2/c1-12(2)13-3-6-16(7-4-13)24-11-14(9-19(24)25)20(26)23-15-5-8-18(22)17(21)10-15/h3-8,10,12,14H,9,11H2,1-2H3,(H,23,26). The van der Waals surface area contributed by atoms with Crippen LogP contribution in [0.2, 0.25) is 5.02 Å². The average molecular weight is 375 g/mol. The van der Waals surface area contributed by atoms with Gasteiger partial charge in [0.2, 0.25) is 11.8 Å². The molecular weight excluding hydrogens is 355 g/mol. The molecule has 0 aliphatic carbocycles. The Morgan fingerprint density at radius 2 is 1.92 bits per heavy atom. The van der Waals surface area contributed by atoms with Gasteiger partial charge in [0.05, 0.1) is 10.9 Å². The van der Waals surface area contributed by atoms with Crippen LogP contribution in [-0.4, -0.2) is 18.4 Å². The first kappa shape index (κ1) is 18.4. The van der Waals surface area contributed by atoms with E-state index in [4.69, 9.17) is 11.6 Å². The highest BCUT2D eigenvalue weighted by molar-refractivity contribution is 6.31. The molecule has 0 saturated carbocycles. The summed E-state index contributed by atoms with van der Waals surface area (Å²) in [6.45, 7) is 4.54. The Balaban J connectivity index is 1.68. The first-order valence-electron chi connectivity index (χ1n) is 8.51. The summed E-state index contributed by atoms with van der Waals surface area (Å²) in [6.07, 6.45) is 0.146. The minimum Gasteiger partial charge on any atom is -0.326 e. The quantitative estimate of drug-likeness (QED) is 0.850. The van der Waals surface area contributed by atoms with Crippen LogP contribution in [-0.2, 0) is 9.59 Å². The van der Waals surface area contributed by atoms with Crippen LogP contribution in [0.15, 0.2) is 42.5 Å². The second-order valence-electron chi connectivity index (χ2n) is 6.77. The van der Waals surface area contributed by atoms with Crippen molar-refractivity contribution < 1.29 is 14.0 Å². The van der Waals surface area contributed by atoms with E-state index in [0.29, 0.717) is 18.2 Å². The number of benzene rings is 2. The Morgan fingerprint density at radius 1 is 1.23 bits per heavy atom. The van der Waals surface area contributed by atoms with E-state index < -0.39 is 11.7 Å². The average Bonchev–Trinajstić information content (AvgIpc) is 3.00. The van der Waals surface area contributed by atoms with Gasteiger partial charge in [-0.2, -0.15) is 0 Å². The summed E-state index contributed by atoms with van der Waals surface area (Å²) in [5, 5.41) is 2.64.